The number of hydrogen-bond donors (Lipinski definition) is 1. The highest BCUT2D eigenvalue weighted by molar-refractivity contribution is 9.10. The molecule has 0 bridgehead atoms. The Kier molecular flexibility index (Phi) is 7.62. The molecule has 1 amide bonds. The van der Waals surface area contributed by atoms with Gasteiger partial charge in [0.15, 0.2) is 6.10 Å². The van der Waals surface area contributed by atoms with E-state index in [4.69, 9.17) is 9.47 Å². The fraction of sp³-hybridized carbons (Fsp3) is 0.350. The highest BCUT2D eigenvalue weighted by Gasteiger charge is 2.20. The molecule has 1 N–H and O–H groups in total. The minimum Gasteiger partial charge on any atom is -0.497 e. The summed E-state index contributed by atoms with van der Waals surface area (Å²) in [5.74, 6) is 0.555. The van der Waals surface area contributed by atoms with Crippen molar-refractivity contribution >= 4 is 21.8 Å². The zero-order valence-electron chi connectivity index (χ0n) is 15.8. The molecule has 0 saturated carbocycles. The van der Waals surface area contributed by atoms with Gasteiger partial charge in [0, 0.05) is 6.54 Å². The van der Waals surface area contributed by atoms with Crippen molar-refractivity contribution in [1.29, 1.82) is 0 Å². The second-order valence-corrected chi connectivity index (χ2v) is 7.19. The van der Waals surface area contributed by atoms with Crippen LogP contribution in [-0.4, -0.2) is 44.7 Å². The number of nitrogens with zero attached hydrogens (tertiary/aromatic N) is 1. The molecular weight excluding hydrogens is 415 g/mol. The predicted octanol–water partition coefficient (Wildman–Crippen LogP) is 3.78. The number of benzene rings is 2. The van der Waals surface area contributed by atoms with Crippen molar-refractivity contribution < 1.29 is 18.7 Å². The van der Waals surface area contributed by atoms with Crippen LogP contribution < -0.4 is 14.8 Å². The fourth-order valence-electron chi connectivity index (χ4n) is 2.60. The topological polar surface area (TPSA) is 50.8 Å². The van der Waals surface area contributed by atoms with E-state index in [1.807, 2.05) is 43.3 Å². The molecule has 0 aliphatic rings. The molecule has 2 atom stereocenters. The smallest absolute Gasteiger partial charge is 0.260 e. The number of likely N-dealkylation sites (N-methyl/N-ethyl adjacent to an activating group) is 1. The van der Waals surface area contributed by atoms with Crippen molar-refractivity contribution in [2.24, 2.45) is 0 Å². The standard InChI is InChI=1S/C20H24BrFN2O3/c1-13(27-19-9-8-15(22)11-17(19)21)20(25)23-12-18(24(2)3)14-6-5-7-16(10-14)26-4/h5-11,13,18H,12H2,1-4H3,(H,23,25). The third-order valence-corrected chi connectivity index (χ3v) is 4.76. The Morgan fingerprint density at radius 1 is 1.26 bits per heavy atom. The van der Waals surface area contributed by atoms with Crippen LogP contribution in [0.1, 0.15) is 18.5 Å². The SMILES string of the molecule is COc1cccc(C(CNC(=O)C(C)Oc2ccc(F)cc2Br)N(C)C)c1. The Balaban J connectivity index is 2.00. The molecule has 146 valence electrons. The van der Waals surface area contributed by atoms with Gasteiger partial charge in [-0.25, -0.2) is 4.39 Å². The first-order valence-electron chi connectivity index (χ1n) is 8.51. The molecular formula is C20H24BrFN2O3. The molecule has 0 fully saturated rings. The molecule has 27 heavy (non-hydrogen) atoms. The predicted molar refractivity (Wildman–Crippen MR) is 107 cm³/mol. The van der Waals surface area contributed by atoms with Crippen molar-refractivity contribution in [2.45, 2.75) is 19.1 Å². The van der Waals surface area contributed by atoms with Gasteiger partial charge in [0.05, 0.1) is 17.6 Å². The first-order chi connectivity index (χ1) is 12.8. The summed E-state index contributed by atoms with van der Waals surface area (Å²) in [4.78, 5) is 14.5. The minimum absolute atomic E-state index is 0.0196. The highest BCUT2D eigenvalue weighted by atomic mass is 79.9. The van der Waals surface area contributed by atoms with Crippen molar-refractivity contribution in [1.82, 2.24) is 10.2 Å². The molecule has 0 aliphatic heterocycles. The number of rotatable bonds is 8. The summed E-state index contributed by atoms with van der Waals surface area (Å²) in [5, 5.41) is 2.92. The van der Waals surface area contributed by atoms with Gasteiger partial charge in [-0.2, -0.15) is 0 Å². The molecule has 0 saturated heterocycles. The lowest BCUT2D eigenvalue weighted by molar-refractivity contribution is -0.127. The quantitative estimate of drug-likeness (QED) is 0.681. The third-order valence-electron chi connectivity index (χ3n) is 4.14. The average molecular weight is 439 g/mol. The lowest BCUT2D eigenvalue weighted by atomic mass is 10.1. The molecule has 0 heterocycles. The van der Waals surface area contributed by atoms with Gasteiger partial charge in [0.2, 0.25) is 0 Å². The summed E-state index contributed by atoms with van der Waals surface area (Å²) in [5.41, 5.74) is 1.04. The van der Waals surface area contributed by atoms with Crippen LogP contribution in [0.25, 0.3) is 0 Å². The maximum absolute atomic E-state index is 13.2. The van der Waals surface area contributed by atoms with E-state index < -0.39 is 6.10 Å². The first-order valence-corrected chi connectivity index (χ1v) is 9.31. The molecule has 0 radical (unpaired) electrons. The minimum atomic E-state index is -0.722. The van der Waals surface area contributed by atoms with E-state index in [1.54, 1.807) is 14.0 Å². The molecule has 7 heteroatoms. The Bertz CT molecular complexity index is 786. The molecule has 0 aliphatic carbocycles. The van der Waals surface area contributed by atoms with Crippen molar-refractivity contribution in [3.05, 3.63) is 58.3 Å². The van der Waals surface area contributed by atoms with Gasteiger partial charge in [0.25, 0.3) is 5.91 Å². The number of hydrogen-bond acceptors (Lipinski definition) is 4. The summed E-state index contributed by atoms with van der Waals surface area (Å²) in [6, 6.07) is 11.8. The highest BCUT2D eigenvalue weighted by Crippen LogP contribution is 2.26. The maximum atomic E-state index is 13.2. The van der Waals surface area contributed by atoms with Gasteiger partial charge in [-0.3, -0.25) is 4.79 Å². The van der Waals surface area contributed by atoms with E-state index >= 15 is 0 Å². The van der Waals surface area contributed by atoms with Gasteiger partial charge < -0.3 is 19.7 Å². The molecule has 2 rings (SSSR count). The van der Waals surface area contributed by atoms with Gasteiger partial charge in [-0.15, -0.1) is 0 Å². The molecule has 0 spiro atoms. The number of carbonyl (C=O) groups excluding carboxylic acids is 1. The van der Waals surface area contributed by atoms with Crippen molar-refractivity contribution in [3.8, 4) is 11.5 Å². The Morgan fingerprint density at radius 2 is 2.00 bits per heavy atom. The number of methoxy groups -OCH3 is 1. The lowest BCUT2D eigenvalue weighted by Crippen LogP contribution is -2.41. The van der Waals surface area contributed by atoms with E-state index in [-0.39, 0.29) is 17.8 Å². The Morgan fingerprint density at radius 3 is 2.63 bits per heavy atom. The largest absolute Gasteiger partial charge is 0.497 e. The van der Waals surface area contributed by atoms with E-state index in [1.165, 1.54) is 18.2 Å². The maximum Gasteiger partial charge on any atom is 0.260 e. The zero-order valence-corrected chi connectivity index (χ0v) is 17.4. The number of amides is 1. The third kappa shape index (κ3) is 5.94. The number of carbonyl (C=O) groups is 1. The Labute approximate surface area is 167 Å². The van der Waals surface area contributed by atoms with E-state index in [2.05, 4.69) is 21.2 Å². The fourth-order valence-corrected chi connectivity index (χ4v) is 3.05. The van der Waals surface area contributed by atoms with Gasteiger partial charge in [-0.1, -0.05) is 12.1 Å². The van der Waals surface area contributed by atoms with Crippen LogP contribution in [0.4, 0.5) is 4.39 Å². The monoisotopic (exact) mass is 438 g/mol. The molecule has 0 aromatic heterocycles. The summed E-state index contributed by atoms with van der Waals surface area (Å²) in [6.45, 7) is 2.07. The van der Waals surface area contributed by atoms with Crippen LogP contribution in [0.3, 0.4) is 0 Å². The second-order valence-electron chi connectivity index (χ2n) is 6.34. The van der Waals surface area contributed by atoms with E-state index in [0.29, 0.717) is 16.8 Å². The number of ether oxygens (including phenoxy) is 2. The van der Waals surface area contributed by atoms with Gasteiger partial charge in [-0.05, 0) is 72.8 Å². The van der Waals surface area contributed by atoms with Crippen LogP contribution >= 0.6 is 15.9 Å². The summed E-state index contributed by atoms with van der Waals surface area (Å²) in [7, 11) is 5.52. The molecule has 2 aromatic carbocycles. The van der Waals surface area contributed by atoms with Crippen molar-refractivity contribution in [3.63, 3.8) is 0 Å². The van der Waals surface area contributed by atoms with Crippen LogP contribution in [0.2, 0.25) is 0 Å². The van der Waals surface area contributed by atoms with Gasteiger partial charge in [0.1, 0.15) is 17.3 Å². The van der Waals surface area contributed by atoms with Crippen LogP contribution in [0, 0.1) is 5.82 Å². The molecule has 5 nitrogen and oxygen atoms in total. The average Bonchev–Trinajstić information content (AvgIpc) is 2.63. The normalized spacial score (nSPS) is 13.1. The van der Waals surface area contributed by atoms with Crippen LogP contribution in [-0.2, 0) is 4.79 Å². The molecule has 2 aromatic rings. The van der Waals surface area contributed by atoms with Crippen LogP contribution in [0.15, 0.2) is 46.9 Å². The zero-order chi connectivity index (χ0) is 20.0. The second kappa shape index (κ2) is 9.71. The van der Waals surface area contributed by atoms with Crippen LogP contribution in [0.5, 0.6) is 11.5 Å². The molecule has 2 unspecified atom stereocenters. The number of nitrogens with one attached hydrogen (secondary N) is 1. The van der Waals surface area contributed by atoms with E-state index in [9.17, 15) is 9.18 Å². The summed E-state index contributed by atoms with van der Waals surface area (Å²) < 4.78 is 24.5. The van der Waals surface area contributed by atoms with E-state index in [0.717, 1.165) is 11.3 Å². The Hall–Kier alpha value is -2.12. The summed E-state index contributed by atoms with van der Waals surface area (Å²) >= 11 is 3.23. The van der Waals surface area contributed by atoms with Crippen molar-refractivity contribution in [2.75, 3.05) is 27.7 Å². The lowest BCUT2D eigenvalue weighted by Gasteiger charge is -2.26. The summed E-state index contributed by atoms with van der Waals surface area (Å²) in [6.07, 6.45) is -0.722. The van der Waals surface area contributed by atoms with Gasteiger partial charge >= 0.3 is 0 Å². The number of halogens is 2. The first kappa shape index (κ1) is 21.2.